The second-order valence-electron chi connectivity index (χ2n) is 8.32. The van der Waals surface area contributed by atoms with Gasteiger partial charge in [-0.3, -0.25) is 9.69 Å². The fourth-order valence-electron chi connectivity index (χ4n) is 3.78. The standard InChI is InChI=1S/C21H29F3N6O/c1-14(2)18(29-9-7-28(4)8-10-29)13-26-20(31)17-12-27-30(15(17)3)19-6-5-16(11-25-19)21(22,23)24/h5-6,11-12,14,18H,7-10,13H2,1-4H3,(H,26,31)/t18-/m1/s1. The summed E-state index contributed by atoms with van der Waals surface area (Å²) in [7, 11) is 2.11. The van der Waals surface area contributed by atoms with Gasteiger partial charge < -0.3 is 10.2 Å². The van der Waals surface area contributed by atoms with E-state index in [0.717, 1.165) is 38.4 Å². The summed E-state index contributed by atoms with van der Waals surface area (Å²) in [5.41, 5.74) is 0.0655. The van der Waals surface area contributed by atoms with Gasteiger partial charge in [-0.25, -0.2) is 9.67 Å². The Balaban J connectivity index is 1.68. The highest BCUT2D eigenvalue weighted by Gasteiger charge is 2.31. The maximum absolute atomic E-state index is 12.8. The van der Waals surface area contributed by atoms with Gasteiger partial charge in [-0.2, -0.15) is 18.3 Å². The molecule has 1 saturated heterocycles. The lowest BCUT2D eigenvalue weighted by Gasteiger charge is -2.39. The lowest BCUT2D eigenvalue weighted by molar-refractivity contribution is -0.137. The summed E-state index contributed by atoms with van der Waals surface area (Å²) in [5, 5.41) is 7.16. The molecular weight excluding hydrogens is 409 g/mol. The molecule has 2 aromatic heterocycles. The Hall–Kier alpha value is -2.46. The number of amides is 1. The fraction of sp³-hybridized carbons (Fsp3) is 0.571. The second-order valence-corrected chi connectivity index (χ2v) is 8.32. The third kappa shape index (κ3) is 5.43. The summed E-state index contributed by atoms with van der Waals surface area (Å²) in [5.74, 6) is 0.348. The van der Waals surface area contributed by atoms with E-state index in [1.165, 1.54) is 16.9 Å². The molecule has 0 aliphatic carbocycles. The van der Waals surface area contributed by atoms with Gasteiger partial charge in [0.2, 0.25) is 0 Å². The number of halogens is 3. The topological polar surface area (TPSA) is 66.3 Å². The van der Waals surface area contributed by atoms with Crippen molar-refractivity contribution in [3.05, 3.63) is 41.3 Å². The van der Waals surface area contributed by atoms with E-state index in [0.29, 0.717) is 23.7 Å². The molecule has 2 aromatic rings. The van der Waals surface area contributed by atoms with Crippen LogP contribution in [0.2, 0.25) is 0 Å². The summed E-state index contributed by atoms with van der Waals surface area (Å²) in [6.07, 6.45) is -2.27. The maximum atomic E-state index is 12.8. The number of alkyl halides is 3. The van der Waals surface area contributed by atoms with E-state index < -0.39 is 11.7 Å². The van der Waals surface area contributed by atoms with Crippen molar-refractivity contribution in [2.24, 2.45) is 5.92 Å². The minimum Gasteiger partial charge on any atom is -0.350 e. The van der Waals surface area contributed by atoms with E-state index >= 15 is 0 Å². The summed E-state index contributed by atoms with van der Waals surface area (Å²) in [4.78, 5) is 21.4. The average molecular weight is 438 g/mol. The van der Waals surface area contributed by atoms with Crippen LogP contribution in [0.4, 0.5) is 13.2 Å². The van der Waals surface area contributed by atoms with E-state index in [1.54, 1.807) is 6.92 Å². The number of nitrogens with one attached hydrogen (secondary N) is 1. The normalized spacial score (nSPS) is 17.2. The Morgan fingerprint density at radius 3 is 2.39 bits per heavy atom. The molecule has 1 aliphatic heterocycles. The number of hydrogen-bond acceptors (Lipinski definition) is 5. The van der Waals surface area contributed by atoms with Crippen molar-refractivity contribution in [1.82, 2.24) is 29.9 Å². The third-order valence-electron chi connectivity index (χ3n) is 5.79. The van der Waals surface area contributed by atoms with Crippen LogP contribution in [-0.4, -0.2) is 76.3 Å². The number of likely N-dealkylation sites (N-methyl/N-ethyl adjacent to an activating group) is 1. The first-order valence-electron chi connectivity index (χ1n) is 10.4. The first kappa shape index (κ1) is 23.2. The van der Waals surface area contributed by atoms with Crippen LogP contribution in [0.3, 0.4) is 0 Å². The van der Waals surface area contributed by atoms with Crippen molar-refractivity contribution >= 4 is 5.91 Å². The molecule has 170 valence electrons. The lowest BCUT2D eigenvalue weighted by atomic mass is 10.0. The van der Waals surface area contributed by atoms with Gasteiger partial charge in [0.1, 0.15) is 0 Å². The molecule has 0 spiro atoms. The van der Waals surface area contributed by atoms with Gasteiger partial charge in [-0.05, 0) is 32.0 Å². The van der Waals surface area contributed by atoms with Crippen molar-refractivity contribution in [1.29, 1.82) is 0 Å². The van der Waals surface area contributed by atoms with E-state index in [9.17, 15) is 18.0 Å². The molecule has 0 aromatic carbocycles. The number of pyridine rings is 1. The number of rotatable bonds is 6. The van der Waals surface area contributed by atoms with Gasteiger partial charge in [0.05, 0.1) is 23.0 Å². The fourth-order valence-corrected chi connectivity index (χ4v) is 3.78. The van der Waals surface area contributed by atoms with Crippen molar-refractivity contribution in [3.8, 4) is 5.82 Å². The van der Waals surface area contributed by atoms with Crippen molar-refractivity contribution < 1.29 is 18.0 Å². The Morgan fingerprint density at radius 1 is 1.16 bits per heavy atom. The summed E-state index contributed by atoms with van der Waals surface area (Å²) in [6.45, 7) is 10.4. The molecule has 1 N–H and O–H groups in total. The van der Waals surface area contributed by atoms with Crippen LogP contribution in [0.1, 0.15) is 35.5 Å². The molecule has 1 fully saturated rings. The first-order chi connectivity index (χ1) is 14.6. The van der Waals surface area contributed by atoms with Gasteiger partial charge >= 0.3 is 6.18 Å². The minimum atomic E-state index is -4.45. The monoisotopic (exact) mass is 438 g/mol. The molecule has 31 heavy (non-hydrogen) atoms. The predicted octanol–water partition coefficient (Wildman–Crippen LogP) is 2.60. The smallest absolute Gasteiger partial charge is 0.350 e. The molecule has 3 heterocycles. The zero-order valence-corrected chi connectivity index (χ0v) is 18.3. The van der Waals surface area contributed by atoms with Crippen LogP contribution in [-0.2, 0) is 6.18 Å². The molecule has 0 radical (unpaired) electrons. The molecule has 1 atom stereocenters. The van der Waals surface area contributed by atoms with Gasteiger partial charge in [0.15, 0.2) is 5.82 Å². The predicted molar refractivity (Wildman–Crippen MR) is 111 cm³/mol. The second kappa shape index (κ2) is 9.35. The molecule has 0 unspecified atom stereocenters. The van der Waals surface area contributed by atoms with Gasteiger partial charge in [-0.15, -0.1) is 0 Å². The van der Waals surface area contributed by atoms with Crippen LogP contribution in [0.5, 0.6) is 0 Å². The molecule has 0 bridgehead atoms. The number of carbonyl (C=O) groups excluding carboxylic acids is 1. The van der Waals surface area contributed by atoms with E-state index in [1.807, 2.05) is 0 Å². The lowest BCUT2D eigenvalue weighted by Crippen LogP contribution is -2.54. The number of piperazine rings is 1. The highest BCUT2D eigenvalue weighted by Crippen LogP contribution is 2.28. The van der Waals surface area contributed by atoms with Gasteiger partial charge in [-0.1, -0.05) is 13.8 Å². The highest BCUT2D eigenvalue weighted by molar-refractivity contribution is 5.95. The number of nitrogens with zero attached hydrogens (tertiary/aromatic N) is 5. The Bertz CT molecular complexity index is 886. The Kier molecular flexibility index (Phi) is 7.00. The molecule has 1 aliphatic rings. The minimum absolute atomic E-state index is 0.224. The molecular formula is C21H29F3N6O. The molecule has 7 nitrogen and oxygen atoms in total. The largest absolute Gasteiger partial charge is 0.417 e. The van der Waals surface area contributed by atoms with Crippen LogP contribution < -0.4 is 5.32 Å². The van der Waals surface area contributed by atoms with Crippen LogP contribution in [0.15, 0.2) is 24.5 Å². The maximum Gasteiger partial charge on any atom is 0.417 e. The van der Waals surface area contributed by atoms with E-state index in [4.69, 9.17) is 0 Å². The zero-order valence-electron chi connectivity index (χ0n) is 18.3. The Labute approximate surface area is 180 Å². The average Bonchev–Trinajstić information content (AvgIpc) is 3.10. The van der Waals surface area contributed by atoms with Crippen molar-refractivity contribution in [2.45, 2.75) is 33.0 Å². The first-order valence-corrected chi connectivity index (χ1v) is 10.4. The number of carbonyl (C=O) groups is 1. The summed E-state index contributed by atoms with van der Waals surface area (Å²) in [6, 6.07) is 2.42. The van der Waals surface area contributed by atoms with Crippen molar-refractivity contribution in [2.75, 3.05) is 39.8 Å². The van der Waals surface area contributed by atoms with Crippen LogP contribution in [0.25, 0.3) is 5.82 Å². The van der Waals surface area contributed by atoms with E-state index in [2.05, 4.69) is 46.1 Å². The quantitative estimate of drug-likeness (QED) is 0.751. The SMILES string of the molecule is Cc1c(C(=O)NC[C@H](C(C)C)N2CCN(C)CC2)cnn1-c1ccc(C(F)(F)F)cn1. The third-order valence-corrected chi connectivity index (χ3v) is 5.79. The van der Waals surface area contributed by atoms with E-state index in [-0.39, 0.29) is 17.8 Å². The van der Waals surface area contributed by atoms with Gasteiger partial charge in [0, 0.05) is 45.0 Å². The molecule has 1 amide bonds. The van der Waals surface area contributed by atoms with Gasteiger partial charge in [0.25, 0.3) is 5.91 Å². The number of hydrogen-bond donors (Lipinski definition) is 1. The summed E-state index contributed by atoms with van der Waals surface area (Å²) >= 11 is 0. The molecule has 0 saturated carbocycles. The number of aromatic nitrogens is 3. The highest BCUT2D eigenvalue weighted by atomic mass is 19.4. The van der Waals surface area contributed by atoms with Crippen LogP contribution >= 0.6 is 0 Å². The van der Waals surface area contributed by atoms with Crippen molar-refractivity contribution in [3.63, 3.8) is 0 Å². The summed E-state index contributed by atoms with van der Waals surface area (Å²) < 4.78 is 39.6. The Morgan fingerprint density at radius 2 is 1.84 bits per heavy atom. The molecule has 10 heteroatoms. The molecule has 3 rings (SSSR count). The van der Waals surface area contributed by atoms with Crippen LogP contribution in [0, 0.1) is 12.8 Å². The zero-order chi connectivity index (χ0) is 22.8.